The Morgan fingerprint density at radius 3 is 2.59 bits per heavy atom. The van der Waals surface area contributed by atoms with Gasteiger partial charge in [-0.25, -0.2) is 0 Å². The van der Waals surface area contributed by atoms with Crippen molar-refractivity contribution in [3.8, 4) is 0 Å². The third kappa shape index (κ3) is 5.17. The van der Waals surface area contributed by atoms with Crippen molar-refractivity contribution in [3.05, 3.63) is 29.3 Å². The molecule has 3 heterocycles. The summed E-state index contributed by atoms with van der Waals surface area (Å²) in [6.07, 6.45) is 4.96. The molecular weight excluding hydrogens is 432 g/mol. The minimum atomic E-state index is -0.680. The van der Waals surface area contributed by atoms with E-state index in [-0.39, 0.29) is 24.1 Å². The molecule has 4 amide bonds. The van der Waals surface area contributed by atoms with Crippen molar-refractivity contribution < 1.29 is 19.2 Å². The first-order valence-electron chi connectivity index (χ1n) is 12.4. The molecule has 1 N–H and O–H groups in total. The largest absolute Gasteiger partial charge is 0.342 e. The van der Waals surface area contributed by atoms with E-state index >= 15 is 0 Å². The zero-order valence-electron chi connectivity index (χ0n) is 20.6. The molecule has 0 aliphatic carbocycles. The number of benzene rings is 1. The first-order valence-corrected chi connectivity index (χ1v) is 12.4. The second-order valence-electron chi connectivity index (χ2n) is 10.4. The van der Waals surface area contributed by atoms with Crippen LogP contribution in [-0.4, -0.2) is 72.7 Å². The lowest BCUT2D eigenvalue weighted by molar-refractivity contribution is -0.135. The predicted molar refractivity (Wildman–Crippen MR) is 129 cm³/mol. The average molecular weight is 469 g/mol. The predicted octanol–water partition coefficient (Wildman–Crippen LogP) is 2.03. The second-order valence-corrected chi connectivity index (χ2v) is 10.4. The highest BCUT2D eigenvalue weighted by Crippen LogP contribution is 2.39. The van der Waals surface area contributed by atoms with Crippen molar-refractivity contribution in [2.45, 2.75) is 64.8 Å². The SMILES string of the molecule is CC(=O)N(c1ccc(CCCC(=O)N2CCC3(CCN(C)C3)C2)cc1C)C1CCC(=O)NC1=O. The maximum atomic E-state index is 12.8. The molecule has 1 aromatic rings. The summed E-state index contributed by atoms with van der Waals surface area (Å²) in [6, 6.07) is 5.19. The molecule has 0 saturated carbocycles. The van der Waals surface area contributed by atoms with Gasteiger partial charge in [0.15, 0.2) is 0 Å². The maximum absolute atomic E-state index is 12.8. The summed E-state index contributed by atoms with van der Waals surface area (Å²) in [5.74, 6) is -0.708. The second kappa shape index (κ2) is 9.86. The van der Waals surface area contributed by atoms with Crippen LogP contribution in [-0.2, 0) is 25.6 Å². The molecule has 4 rings (SSSR count). The minimum absolute atomic E-state index is 0.222. The van der Waals surface area contributed by atoms with Gasteiger partial charge in [0.1, 0.15) is 6.04 Å². The van der Waals surface area contributed by atoms with E-state index in [0.29, 0.717) is 23.9 Å². The number of nitrogens with zero attached hydrogens (tertiary/aromatic N) is 3. The molecule has 3 aliphatic rings. The molecule has 2 atom stereocenters. The lowest BCUT2D eigenvalue weighted by atomic mass is 9.86. The Morgan fingerprint density at radius 2 is 1.94 bits per heavy atom. The van der Waals surface area contributed by atoms with Gasteiger partial charge in [-0.15, -0.1) is 0 Å². The van der Waals surface area contributed by atoms with Gasteiger partial charge >= 0.3 is 0 Å². The first-order chi connectivity index (χ1) is 16.2. The monoisotopic (exact) mass is 468 g/mol. The number of imide groups is 1. The molecule has 3 aliphatic heterocycles. The third-order valence-electron chi connectivity index (χ3n) is 7.66. The fourth-order valence-electron chi connectivity index (χ4n) is 5.87. The van der Waals surface area contributed by atoms with Crippen LogP contribution in [0.1, 0.15) is 56.6 Å². The molecule has 1 aromatic carbocycles. The summed E-state index contributed by atoms with van der Waals surface area (Å²) in [5, 5.41) is 2.33. The molecule has 8 heteroatoms. The number of aryl methyl sites for hydroxylation is 2. The number of carbonyl (C=O) groups is 4. The van der Waals surface area contributed by atoms with Gasteiger partial charge in [-0.2, -0.15) is 0 Å². The molecule has 8 nitrogen and oxygen atoms in total. The van der Waals surface area contributed by atoms with Crippen LogP contribution in [0.4, 0.5) is 5.69 Å². The van der Waals surface area contributed by atoms with E-state index < -0.39 is 11.9 Å². The third-order valence-corrected chi connectivity index (χ3v) is 7.66. The Morgan fingerprint density at radius 1 is 1.18 bits per heavy atom. The molecule has 0 aromatic heterocycles. The molecule has 34 heavy (non-hydrogen) atoms. The van der Waals surface area contributed by atoms with Crippen molar-refractivity contribution in [2.24, 2.45) is 5.41 Å². The summed E-state index contributed by atoms with van der Waals surface area (Å²) in [6.45, 7) is 7.36. The summed E-state index contributed by atoms with van der Waals surface area (Å²) < 4.78 is 0. The molecule has 1 spiro atoms. The van der Waals surface area contributed by atoms with Crippen LogP contribution < -0.4 is 10.2 Å². The quantitative estimate of drug-likeness (QED) is 0.646. The van der Waals surface area contributed by atoms with Crippen LogP contribution in [0.5, 0.6) is 0 Å². The molecule has 2 unspecified atom stereocenters. The van der Waals surface area contributed by atoms with E-state index in [1.807, 2.05) is 25.1 Å². The number of anilines is 1. The lowest BCUT2D eigenvalue weighted by Gasteiger charge is -2.33. The fraction of sp³-hybridized carbons (Fsp3) is 0.615. The maximum Gasteiger partial charge on any atom is 0.249 e. The van der Waals surface area contributed by atoms with Crippen LogP contribution in [0.25, 0.3) is 0 Å². The molecule has 0 radical (unpaired) electrons. The van der Waals surface area contributed by atoms with Gasteiger partial charge in [-0.1, -0.05) is 12.1 Å². The summed E-state index contributed by atoms with van der Waals surface area (Å²) >= 11 is 0. The number of hydrogen-bond acceptors (Lipinski definition) is 5. The highest BCUT2D eigenvalue weighted by molar-refractivity contribution is 6.06. The van der Waals surface area contributed by atoms with E-state index in [0.717, 1.165) is 56.6 Å². The zero-order chi connectivity index (χ0) is 24.5. The highest BCUT2D eigenvalue weighted by Gasteiger charge is 2.43. The molecule has 0 bridgehead atoms. The molecular formula is C26H36N4O4. The molecule has 3 saturated heterocycles. The van der Waals surface area contributed by atoms with Crippen LogP contribution >= 0.6 is 0 Å². The van der Waals surface area contributed by atoms with Crippen LogP contribution in [0.15, 0.2) is 18.2 Å². The number of amides is 4. The number of carbonyl (C=O) groups excluding carboxylic acids is 4. The number of piperidine rings is 1. The Bertz CT molecular complexity index is 993. The number of nitrogens with one attached hydrogen (secondary N) is 1. The Labute approximate surface area is 201 Å². The Hall–Kier alpha value is -2.74. The number of likely N-dealkylation sites (tertiary alicyclic amines) is 2. The zero-order valence-corrected chi connectivity index (χ0v) is 20.6. The fourth-order valence-corrected chi connectivity index (χ4v) is 5.87. The van der Waals surface area contributed by atoms with E-state index in [1.54, 1.807) is 0 Å². The average Bonchev–Trinajstić information content (AvgIpc) is 3.36. The minimum Gasteiger partial charge on any atom is -0.342 e. The Balaban J connectivity index is 1.33. The van der Waals surface area contributed by atoms with E-state index in [1.165, 1.54) is 18.2 Å². The Kier molecular flexibility index (Phi) is 7.07. The van der Waals surface area contributed by atoms with Crippen LogP contribution in [0, 0.1) is 12.3 Å². The smallest absolute Gasteiger partial charge is 0.249 e. The van der Waals surface area contributed by atoms with Crippen LogP contribution in [0.3, 0.4) is 0 Å². The van der Waals surface area contributed by atoms with Crippen molar-refractivity contribution in [1.29, 1.82) is 0 Å². The topological polar surface area (TPSA) is 90.0 Å². The van der Waals surface area contributed by atoms with Gasteiger partial charge in [0.05, 0.1) is 0 Å². The standard InChI is InChI=1S/C26H36N4O4/c1-18-15-20(5-4-6-24(33)29-14-12-26(17-29)11-13-28(3)16-26)7-8-21(18)30(19(2)31)22-9-10-23(32)27-25(22)34/h7-8,15,22H,4-6,9-14,16-17H2,1-3H3,(H,27,32,34). The summed E-state index contributed by atoms with van der Waals surface area (Å²) in [4.78, 5) is 55.0. The van der Waals surface area contributed by atoms with Gasteiger partial charge in [0, 0.05) is 50.5 Å². The highest BCUT2D eigenvalue weighted by atomic mass is 16.2. The molecule has 3 fully saturated rings. The van der Waals surface area contributed by atoms with Gasteiger partial charge < -0.3 is 9.80 Å². The first kappa shape index (κ1) is 24.4. The number of rotatable bonds is 6. The number of hydrogen-bond donors (Lipinski definition) is 1. The van der Waals surface area contributed by atoms with E-state index in [9.17, 15) is 19.2 Å². The summed E-state index contributed by atoms with van der Waals surface area (Å²) in [5.41, 5.74) is 3.00. The van der Waals surface area contributed by atoms with Crippen molar-refractivity contribution in [1.82, 2.24) is 15.1 Å². The van der Waals surface area contributed by atoms with Crippen molar-refractivity contribution >= 4 is 29.3 Å². The van der Waals surface area contributed by atoms with Gasteiger partial charge in [0.25, 0.3) is 0 Å². The van der Waals surface area contributed by atoms with E-state index in [4.69, 9.17) is 0 Å². The van der Waals surface area contributed by atoms with Crippen molar-refractivity contribution in [2.75, 3.05) is 38.1 Å². The van der Waals surface area contributed by atoms with Gasteiger partial charge in [-0.3, -0.25) is 29.4 Å². The van der Waals surface area contributed by atoms with Crippen LogP contribution in [0.2, 0.25) is 0 Å². The van der Waals surface area contributed by atoms with Gasteiger partial charge in [0.2, 0.25) is 23.6 Å². The van der Waals surface area contributed by atoms with Gasteiger partial charge in [-0.05, 0) is 69.8 Å². The molecule has 184 valence electrons. The summed E-state index contributed by atoms with van der Waals surface area (Å²) in [7, 11) is 2.16. The van der Waals surface area contributed by atoms with E-state index in [2.05, 4.69) is 22.2 Å². The lowest BCUT2D eigenvalue weighted by Crippen LogP contribution is -2.54. The normalized spacial score (nSPS) is 25.1. The van der Waals surface area contributed by atoms with Crippen molar-refractivity contribution in [3.63, 3.8) is 0 Å².